The first-order chi connectivity index (χ1) is 14.3. The minimum atomic E-state index is -0.552. The number of nitrogens with zero attached hydrogens (tertiary/aromatic N) is 1. The summed E-state index contributed by atoms with van der Waals surface area (Å²) in [6.45, 7) is 3.71. The van der Waals surface area contributed by atoms with E-state index in [1.807, 2.05) is 19.1 Å². The molecule has 30 heavy (non-hydrogen) atoms. The van der Waals surface area contributed by atoms with Crippen molar-refractivity contribution in [2.75, 3.05) is 17.2 Å². The number of rotatable bonds is 7. The van der Waals surface area contributed by atoms with Gasteiger partial charge in [-0.05, 0) is 49.8 Å². The average Bonchev–Trinajstić information content (AvgIpc) is 3.04. The first-order valence-corrected chi connectivity index (χ1v) is 10.4. The summed E-state index contributed by atoms with van der Waals surface area (Å²) in [4.78, 5) is 41.9. The number of benzene rings is 1. The Bertz CT molecular complexity index is 982. The van der Waals surface area contributed by atoms with Gasteiger partial charge in [-0.1, -0.05) is 29.8 Å². The van der Waals surface area contributed by atoms with E-state index < -0.39 is 24.3 Å². The van der Waals surface area contributed by atoms with Gasteiger partial charge in [0.05, 0.1) is 5.56 Å². The first kappa shape index (κ1) is 21.5. The molecule has 0 aliphatic heterocycles. The van der Waals surface area contributed by atoms with Crippen LogP contribution in [-0.2, 0) is 27.3 Å². The number of thiophene rings is 1. The summed E-state index contributed by atoms with van der Waals surface area (Å²) in [5, 5.41) is 9.26. The van der Waals surface area contributed by atoms with Crippen LogP contribution in [-0.4, -0.2) is 30.5 Å². The molecule has 1 aromatic heterocycles. The number of oxime groups is 1. The predicted molar refractivity (Wildman–Crippen MR) is 117 cm³/mol. The molecule has 1 aliphatic rings. The summed E-state index contributed by atoms with van der Waals surface area (Å²) in [5.74, 6) is -0.983. The van der Waals surface area contributed by atoms with Gasteiger partial charge in [0.2, 0.25) is 0 Å². The monoisotopic (exact) mass is 428 g/mol. The van der Waals surface area contributed by atoms with Crippen LogP contribution in [0.1, 0.15) is 39.7 Å². The van der Waals surface area contributed by atoms with Gasteiger partial charge in [-0.25, -0.2) is 0 Å². The van der Waals surface area contributed by atoms with Crippen molar-refractivity contribution in [3.8, 4) is 0 Å². The lowest BCUT2D eigenvalue weighted by atomic mass is 9.88. The molecule has 0 saturated carbocycles. The number of carbonyl (C=O) groups is 3. The molecule has 1 atom stereocenters. The molecule has 0 saturated heterocycles. The molecule has 1 aliphatic carbocycles. The highest BCUT2D eigenvalue weighted by molar-refractivity contribution is 7.17. The van der Waals surface area contributed by atoms with Crippen LogP contribution in [0.15, 0.2) is 29.4 Å². The third-order valence-corrected chi connectivity index (χ3v) is 5.94. The quantitative estimate of drug-likeness (QED) is 0.463. The molecule has 1 aromatic carbocycles. The van der Waals surface area contributed by atoms with E-state index >= 15 is 0 Å². The maximum absolute atomic E-state index is 12.2. The van der Waals surface area contributed by atoms with Crippen LogP contribution in [0.4, 0.5) is 10.7 Å². The number of fused-ring (bicyclic) bond motifs is 1. The third kappa shape index (κ3) is 5.44. The molecule has 9 heteroatoms. The fourth-order valence-electron chi connectivity index (χ4n) is 3.25. The van der Waals surface area contributed by atoms with E-state index in [1.54, 1.807) is 12.1 Å². The van der Waals surface area contributed by atoms with E-state index in [0.29, 0.717) is 22.2 Å². The molecule has 1 heterocycles. The van der Waals surface area contributed by atoms with Crippen molar-refractivity contribution in [3.05, 3.63) is 45.8 Å². The molecule has 0 bridgehead atoms. The largest absolute Gasteiger partial charge is 0.385 e. The second-order valence-electron chi connectivity index (χ2n) is 7.33. The molecule has 1 unspecified atom stereocenters. The number of hydrogen-bond donors (Lipinski definition) is 3. The zero-order valence-electron chi connectivity index (χ0n) is 16.9. The molecule has 158 valence electrons. The number of nitrogens with one attached hydrogen (secondary N) is 2. The van der Waals surface area contributed by atoms with E-state index in [1.165, 1.54) is 11.3 Å². The highest BCUT2D eigenvalue weighted by atomic mass is 32.1. The molecule has 3 rings (SSSR count). The minimum Gasteiger partial charge on any atom is -0.385 e. The number of primary amides is 1. The minimum absolute atomic E-state index is 0.385. The van der Waals surface area contributed by atoms with Gasteiger partial charge in [0.15, 0.2) is 6.61 Å². The highest BCUT2D eigenvalue weighted by Crippen LogP contribution is 2.39. The maximum atomic E-state index is 12.2. The zero-order chi connectivity index (χ0) is 21.7. The first-order valence-electron chi connectivity index (χ1n) is 9.60. The summed E-state index contributed by atoms with van der Waals surface area (Å²) >= 11 is 1.38. The Kier molecular flexibility index (Phi) is 6.83. The molecule has 3 amide bonds. The molecule has 8 nitrogen and oxygen atoms in total. The topological polar surface area (TPSA) is 123 Å². The Balaban J connectivity index is 1.52. The van der Waals surface area contributed by atoms with Crippen LogP contribution in [0.25, 0.3) is 0 Å². The van der Waals surface area contributed by atoms with Gasteiger partial charge in [0, 0.05) is 10.6 Å². The standard InChI is InChI=1S/C21H24N4O4S/c1-12-3-6-14(7-4-12)24-17(26)10-23-29-11-18(27)25-21-19(20(22)28)15-8-5-13(2)9-16(15)30-21/h3-4,6-7,10,13H,5,8-9,11H2,1-2H3,(H2,22,28)(H,24,26)(H,25,27). The Morgan fingerprint density at radius 2 is 2.00 bits per heavy atom. The number of anilines is 2. The van der Waals surface area contributed by atoms with Crippen LogP contribution in [0.5, 0.6) is 0 Å². The van der Waals surface area contributed by atoms with Crippen molar-refractivity contribution >= 4 is 46.0 Å². The fraction of sp³-hybridized carbons (Fsp3) is 0.333. The van der Waals surface area contributed by atoms with Gasteiger partial charge in [-0.3, -0.25) is 14.4 Å². The summed E-state index contributed by atoms with van der Waals surface area (Å²) in [6, 6.07) is 7.29. The van der Waals surface area contributed by atoms with Gasteiger partial charge in [-0.15, -0.1) is 11.3 Å². The lowest BCUT2D eigenvalue weighted by molar-refractivity contribution is -0.120. The van der Waals surface area contributed by atoms with E-state index in [9.17, 15) is 14.4 Å². The summed E-state index contributed by atoms with van der Waals surface area (Å²) in [7, 11) is 0. The maximum Gasteiger partial charge on any atom is 0.270 e. The van der Waals surface area contributed by atoms with Gasteiger partial charge < -0.3 is 21.2 Å². The van der Waals surface area contributed by atoms with Crippen molar-refractivity contribution in [2.45, 2.75) is 33.1 Å². The van der Waals surface area contributed by atoms with Crippen molar-refractivity contribution in [2.24, 2.45) is 16.8 Å². The van der Waals surface area contributed by atoms with Crippen molar-refractivity contribution in [1.29, 1.82) is 0 Å². The number of aryl methyl sites for hydroxylation is 1. The van der Waals surface area contributed by atoms with Crippen molar-refractivity contribution < 1.29 is 19.2 Å². The third-order valence-electron chi connectivity index (χ3n) is 4.77. The SMILES string of the molecule is Cc1ccc(NC(=O)C=NOCC(=O)Nc2sc3c(c2C(N)=O)CCC(C)C3)cc1. The van der Waals surface area contributed by atoms with E-state index in [4.69, 9.17) is 10.6 Å². The smallest absolute Gasteiger partial charge is 0.270 e. The van der Waals surface area contributed by atoms with Crippen molar-refractivity contribution in [1.82, 2.24) is 0 Å². The molecular weight excluding hydrogens is 404 g/mol. The van der Waals surface area contributed by atoms with Crippen LogP contribution >= 0.6 is 11.3 Å². The molecular formula is C21H24N4O4S. The Labute approximate surface area is 178 Å². The second-order valence-corrected chi connectivity index (χ2v) is 8.44. The van der Waals surface area contributed by atoms with Gasteiger partial charge in [-0.2, -0.15) is 0 Å². The van der Waals surface area contributed by atoms with Gasteiger partial charge in [0.25, 0.3) is 17.7 Å². The molecule has 0 spiro atoms. The lowest BCUT2D eigenvalue weighted by Crippen LogP contribution is -2.21. The van der Waals surface area contributed by atoms with Crippen LogP contribution in [0.2, 0.25) is 0 Å². The summed E-state index contributed by atoms with van der Waals surface area (Å²) < 4.78 is 0. The van der Waals surface area contributed by atoms with Crippen LogP contribution in [0.3, 0.4) is 0 Å². The number of hydrogen-bond acceptors (Lipinski definition) is 6. The lowest BCUT2D eigenvalue weighted by Gasteiger charge is -2.18. The van der Waals surface area contributed by atoms with Gasteiger partial charge >= 0.3 is 0 Å². The summed E-state index contributed by atoms with van der Waals surface area (Å²) in [6.07, 6.45) is 3.58. The Hall–Kier alpha value is -3.20. The Morgan fingerprint density at radius 1 is 1.27 bits per heavy atom. The molecule has 4 N–H and O–H groups in total. The normalized spacial score (nSPS) is 15.5. The zero-order valence-corrected chi connectivity index (χ0v) is 17.7. The molecule has 2 aromatic rings. The number of amides is 3. The van der Waals surface area contributed by atoms with Crippen molar-refractivity contribution in [3.63, 3.8) is 0 Å². The fourth-order valence-corrected chi connectivity index (χ4v) is 4.69. The van der Waals surface area contributed by atoms with Gasteiger partial charge in [0.1, 0.15) is 11.2 Å². The second kappa shape index (κ2) is 9.53. The number of nitrogens with two attached hydrogens (primary N) is 1. The highest BCUT2D eigenvalue weighted by Gasteiger charge is 2.27. The predicted octanol–water partition coefficient (Wildman–Crippen LogP) is 2.86. The van der Waals surface area contributed by atoms with E-state index in [0.717, 1.165) is 41.5 Å². The molecule has 0 radical (unpaired) electrons. The average molecular weight is 429 g/mol. The Morgan fingerprint density at radius 3 is 2.70 bits per heavy atom. The number of carbonyl (C=O) groups excluding carboxylic acids is 3. The summed E-state index contributed by atoms with van der Waals surface area (Å²) in [5.41, 5.74) is 8.57. The van der Waals surface area contributed by atoms with Crippen LogP contribution in [0, 0.1) is 12.8 Å². The van der Waals surface area contributed by atoms with E-state index in [-0.39, 0.29) is 0 Å². The van der Waals surface area contributed by atoms with Crippen LogP contribution < -0.4 is 16.4 Å². The molecule has 0 fully saturated rings. The van der Waals surface area contributed by atoms with E-state index in [2.05, 4.69) is 22.7 Å².